The molecule has 554 valence electrons. The number of aromatic nitrogens is 14. The van der Waals surface area contributed by atoms with E-state index in [-0.39, 0.29) is 0 Å². The van der Waals surface area contributed by atoms with Crippen LogP contribution in [0.25, 0.3) is 227 Å². The summed E-state index contributed by atoms with van der Waals surface area (Å²) >= 11 is 0. The van der Waals surface area contributed by atoms with Gasteiger partial charge in [0.2, 0.25) is 0 Å². The Morgan fingerprint density at radius 2 is 0.454 bits per heavy atom. The number of pyridine rings is 6. The lowest BCUT2D eigenvalue weighted by atomic mass is 10.00. The van der Waals surface area contributed by atoms with Crippen molar-refractivity contribution in [1.82, 2.24) is 67.2 Å². The predicted molar refractivity (Wildman–Crippen MR) is 486 cm³/mol. The second kappa shape index (κ2) is 27.1. The summed E-state index contributed by atoms with van der Waals surface area (Å²) in [5.41, 5.74) is 29.8. The normalized spacial score (nSPS) is 11.9. The molecule has 12 aromatic heterocycles. The number of hydrogen-bond acceptors (Lipinski definition) is 9. The molecular weight excluding hydrogens is 1460 g/mol. The minimum atomic E-state index is 0.615. The van der Waals surface area contributed by atoms with Crippen molar-refractivity contribution >= 4 is 159 Å². The molecule has 0 aliphatic heterocycles. The van der Waals surface area contributed by atoms with Crippen LogP contribution in [0.1, 0.15) is 0 Å². The highest BCUT2D eigenvalue weighted by Gasteiger charge is 2.23. The molecule has 0 radical (unpaired) electrons. The molecule has 14 nitrogen and oxygen atoms in total. The van der Waals surface area contributed by atoms with Gasteiger partial charge in [0.1, 0.15) is 16.9 Å². The van der Waals surface area contributed by atoms with Gasteiger partial charge in [0, 0.05) is 101 Å². The van der Waals surface area contributed by atoms with E-state index in [4.69, 9.17) is 44.9 Å². The van der Waals surface area contributed by atoms with Crippen LogP contribution >= 0.6 is 0 Å². The van der Waals surface area contributed by atoms with Gasteiger partial charge in [0.15, 0.2) is 17.5 Å². The number of imidazole rings is 3. The molecular formula is C105H64N14. The molecule has 119 heavy (non-hydrogen) atoms. The van der Waals surface area contributed by atoms with Gasteiger partial charge >= 0.3 is 0 Å². The Morgan fingerprint density at radius 1 is 0.168 bits per heavy atom. The van der Waals surface area contributed by atoms with E-state index in [0.29, 0.717) is 17.5 Å². The standard InChI is InChI=1S/2C36H22N4.C33H20N6/c1-4-12-31-26(8-1)27-9-2-5-13-32(27)39(31)25-18-15-23(16-19-25)24-17-20-33-29(22-24)35-28(10-7-21-37-35)36-38-30-11-3-6-14-34(30)40(33)36;1-2-9-25(10-3-1)39-31-14-6-4-11-26(31)28-21-23(16-18-32(28)39)24-17-19-33-29(22-24)35-27(12-8-20-37-35)36-38-30-13-5-7-15-34(30)40(33)36;1-3-10-21(11-4-1)30-36-31(22-12-5-2-6-13-22)38-32(37-30)23-17-18-27-25(20-23)29-24(14-9-19-34-29)33-35-26-15-7-8-16-28(26)39(27)33/h2*1-22H;1-20H. The molecule has 14 aromatic carbocycles. The third kappa shape index (κ3) is 10.9. The van der Waals surface area contributed by atoms with Crippen molar-refractivity contribution in [2.75, 3.05) is 0 Å². The lowest BCUT2D eigenvalue weighted by molar-refractivity contribution is 1.07. The SMILES string of the molecule is c1ccc(-c2nc(-c3ccccc3)nc(-c3ccc4c(c3)c3ncccc3c3nc5ccccc5n43)n2)cc1.c1ccc(-n2c3ccccc3c3cc(-c4ccc5c(c4)c4ncccc4c4nc6ccccc6n54)ccc32)cc1.c1ccc2c(c1)nc1c3cccnc3c3cc(-c4ccc(-n5c6ccccc6c6ccccc65)cc4)ccc3n21. The smallest absolute Gasteiger partial charge is 0.164 e. The summed E-state index contributed by atoms with van der Waals surface area (Å²) in [5, 5.41) is 11.4. The molecule has 0 N–H and O–H groups in total. The Labute approximate surface area is 678 Å². The van der Waals surface area contributed by atoms with Gasteiger partial charge in [0.25, 0.3) is 0 Å². The van der Waals surface area contributed by atoms with E-state index in [1.807, 2.05) is 128 Å². The van der Waals surface area contributed by atoms with Crippen LogP contribution in [0.2, 0.25) is 0 Å². The van der Waals surface area contributed by atoms with Gasteiger partial charge in [-0.1, -0.05) is 200 Å². The fourth-order valence-electron chi connectivity index (χ4n) is 18.0. The molecule has 0 saturated heterocycles. The van der Waals surface area contributed by atoms with Crippen molar-refractivity contribution < 1.29 is 0 Å². The van der Waals surface area contributed by atoms with Crippen molar-refractivity contribution in [1.29, 1.82) is 0 Å². The molecule has 0 spiro atoms. The molecule has 0 amide bonds. The van der Waals surface area contributed by atoms with E-state index in [2.05, 4.69) is 283 Å². The Bertz CT molecular complexity index is 8510. The summed E-state index contributed by atoms with van der Waals surface area (Å²) in [4.78, 5) is 44.0. The van der Waals surface area contributed by atoms with Gasteiger partial charge in [-0.25, -0.2) is 29.9 Å². The molecule has 0 fully saturated rings. The van der Waals surface area contributed by atoms with E-state index in [9.17, 15) is 0 Å². The Morgan fingerprint density at radius 3 is 0.874 bits per heavy atom. The highest BCUT2D eigenvalue weighted by Crippen LogP contribution is 2.42. The molecule has 12 heterocycles. The first kappa shape index (κ1) is 67.1. The Kier molecular flexibility index (Phi) is 15.3. The van der Waals surface area contributed by atoms with Crippen LogP contribution in [0.5, 0.6) is 0 Å². The molecule has 0 aliphatic rings. The highest BCUT2D eigenvalue weighted by molar-refractivity contribution is 6.17. The van der Waals surface area contributed by atoms with Crippen molar-refractivity contribution in [2.45, 2.75) is 0 Å². The minimum Gasteiger partial charge on any atom is -0.309 e. The van der Waals surface area contributed by atoms with Crippen LogP contribution in [-0.4, -0.2) is 67.2 Å². The molecule has 0 saturated carbocycles. The van der Waals surface area contributed by atoms with E-state index in [1.54, 1.807) is 0 Å². The molecule has 0 atom stereocenters. The number of para-hydroxylation sites is 10. The topological polar surface area (TPSA) is 139 Å². The zero-order valence-corrected chi connectivity index (χ0v) is 63.7. The Balaban J connectivity index is 0.000000102. The first-order chi connectivity index (χ1) is 59.0. The third-order valence-electron chi connectivity index (χ3n) is 23.3. The monoisotopic (exact) mass is 1520 g/mol. The van der Waals surface area contributed by atoms with Gasteiger partial charge in [-0.2, -0.15) is 0 Å². The quantitative estimate of drug-likeness (QED) is 0.143. The number of rotatable bonds is 7. The van der Waals surface area contributed by atoms with Crippen LogP contribution < -0.4 is 0 Å². The van der Waals surface area contributed by atoms with Gasteiger partial charge in [0.05, 0.1) is 88.3 Å². The zero-order valence-electron chi connectivity index (χ0n) is 63.7. The lowest BCUT2D eigenvalue weighted by Crippen LogP contribution is -2.00. The Hall–Kier alpha value is -16.5. The molecule has 0 bridgehead atoms. The zero-order chi connectivity index (χ0) is 78.2. The van der Waals surface area contributed by atoms with E-state index in [1.165, 1.54) is 66.0 Å². The van der Waals surface area contributed by atoms with Gasteiger partial charge in [-0.3, -0.25) is 28.2 Å². The molecule has 14 heteroatoms. The summed E-state index contributed by atoms with van der Waals surface area (Å²) < 4.78 is 11.5. The number of fused-ring (bicyclic) bond motifs is 30. The fraction of sp³-hybridized carbons (Fsp3) is 0. The van der Waals surface area contributed by atoms with Crippen molar-refractivity contribution in [3.63, 3.8) is 0 Å². The average molecular weight is 1520 g/mol. The molecule has 26 rings (SSSR count). The maximum Gasteiger partial charge on any atom is 0.164 e. The number of benzene rings is 14. The first-order valence-electron chi connectivity index (χ1n) is 39.8. The van der Waals surface area contributed by atoms with Gasteiger partial charge < -0.3 is 9.13 Å². The average Bonchev–Trinajstić information content (AvgIpc) is 1.60. The second-order valence-corrected chi connectivity index (χ2v) is 30.0. The van der Waals surface area contributed by atoms with Crippen LogP contribution in [0.3, 0.4) is 0 Å². The van der Waals surface area contributed by atoms with Gasteiger partial charge in [-0.05, 0) is 192 Å². The summed E-state index contributed by atoms with van der Waals surface area (Å²) in [6, 6.07) is 129. The molecule has 0 aliphatic carbocycles. The highest BCUT2D eigenvalue weighted by atomic mass is 15.1. The van der Waals surface area contributed by atoms with E-state index >= 15 is 0 Å². The van der Waals surface area contributed by atoms with E-state index < -0.39 is 0 Å². The van der Waals surface area contributed by atoms with Crippen molar-refractivity contribution in [2.24, 2.45) is 0 Å². The van der Waals surface area contributed by atoms with Crippen molar-refractivity contribution in [3.05, 3.63) is 389 Å². The summed E-state index contributed by atoms with van der Waals surface area (Å²) in [6.45, 7) is 0. The van der Waals surface area contributed by atoms with Crippen LogP contribution in [0.4, 0.5) is 0 Å². The van der Waals surface area contributed by atoms with Crippen LogP contribution in [0, 0.1) is 0 Å². The summed E-state index contributed by atoms with van der Waals surface area (Å²) in [6.07, 6.45) is 5.57. The van der Waals surface area contributed by atoms with Crippen LogP contribution in [-0.2, 0) is 0 Å². The third-order valence-corrected chi connectivity index (χ3v) is 23.3. The van der Waals surface area contributed by atoms with E-state index in [0.717, 1.165) is 143 Å². The maximum absolute atomic E-state index is 4.99. The molecule has 26 aromatic rings. The number of hydrogen-bond donors (Lipinski definition) is 0. The second-order valence-electron chi connectivity index (χ2n) is 30.0. The minimum absolute atomic E-state index is 0.615. The summed E-state index contributed by atoms with van der Waals surface area (Å²) in [7, 11) is 0. The van der Waals surface area contributed by atoms with Crippen molar-refractivity contribution in [3.8, 4) is 67.8 Å². The van der Waals surface area contributed by atoms with Crippen LogP contribution in [0.15, 0.2) is 389 Å². The number of nitrogens with zero attached hydrogens (tertiary/aromatic N) is 14. The first-order valence-corrected chi connectivity index (χ1v) is 39.8. The predicted octanol–water partition coefficient (Wildman–Crippen LogP) is 25.3. The molecule has 0 unspecified atom stereocenters. The van der Waals surface area contributed by atoms with Gasteiger partial charge in [-0.15, -0.1) is 0 Å². The summed E-state index contributed by atoms with van der Waals surface area (Å²) in [5.74, 6) is 1.89. The fourth-order valence-corrected chi connectivity index (χ4v) is 18.0. The maximum atomic E-state index is 4.99. The largest absolute Gasteiger partial charge is 0.309 e. The lowest BCUT2D eigenvalue weighted by Gasteiger charge is -2.12.